The van der Waals surface area contributed by atoms with Gasteiger partial charge in [-0.2, -0.15) is 0 Å². The van der Waals surface area contributed by atoms with Crippen LogP contribution in [-0.4, -0.2) is 23.2 Å². The molecule has 0 unspecified atom stereocenters. The maximum Gasteiger partial charge on any atom is 0.337 e. The van der Waals surface area contributed by atoms with E-state index in [4.69, 9.17) is 9.84 Å². The van der Waals surface area contributed by atoms with Crippen molar-refractivity contribution in [3.05, 3.63) is 28.6 Å². The van der Waals surface area contributed by atoms with Gasteiger partial charge in [0.2, 0.25) is 0 Å². The Morgan fingerprint density at radius 3 is 2.71 bits per heavy atom. The summed E-state index contributed by atoms with van der Waals surface area (Å²) in [5.41, 5.74) is 2.26. The SMILES string of the molecule is COCc1cc(C)nc(C)c1C(=O)O. The molecule has 76 valence electrons. The number of aromatic carboxylic acids is 1. The Morgan fingerprint density at radius 1 is 1.57 bits per heavy atom. The van der Waals surface area contributed by atoms with Gasteiger partial charge < -0.3 is 9.84 Å². The van der Waals surface area contributed by atoms with Crippen LogP contribution in [0, 0.1) is 13.8 Å². The number of carbonyl (C=O) groups is 1. The van der Waals surface area contributed by atoms with Crippen LogP contribution in [0.4, 0.5) is 0 Å². The lowest BCUT2D eigenvalue weighted by Crippen LogP contribution is -2.08. The second-order valence-electron chi connectivity index (χ2n) is 3.12. The van der Waals surface area contributed by atoms with Gasteiger partial charge in [-0.1, -0.05) is 0 Å². The summed E-state index contributed by atoms with van der Waals surface area (Å²) in [4.78, 5) is 15.0. The third-order valence-corrected chi connectivity index (χ3v) is 1.92. The number of aryl methyl sites for hydroxylation is 2. The molecule has 0 aliphatic rings. The van der Waals surface area contributed by atoms with E-state index >= 15 is 0 Å². The molecule has 0 atom stereocenters. The zero-order valence-corrected chi connectivity index (χ0v) is 8.50. The summed E-state index contributed by atoms with van der Waals surface area (Å²) in [5, 5.41) is 8.97. The third-order valence-electron chi connectivity index (χ3n) is 1.92. The molecule has 0 aliphatic heterocycles. The molecule has 1 heterocycles. The molecule has 1 rings (SSSR count). The summed E-state index contributed by atoms with van der Waals surface area (Å²) >= 11 is 0. The van der Waals surface area contributed by atoms with Crippen molar-refractivity contribution in [2.24, 2.45) is 0 Å². The van der Waals surface area contributed by atoms with Gasteiger partial charge >= 0.3 is 5.97 Å². The van der Waals surface area contributed by atoms with Crippen LogP contribution in [0.25, 0.3) is 0 Å². The van der Waals surface area contributed by atoms with E-state index in [-0.39, 0.29) is 5.56 Å². The van der Waals surface area contributed by atoms with E-state index in [1.807, 2.05) is 6.92 Å². The molecule has 0 saturated carbocycles. The molecule has 0 aromatic carbocycles. The van der Waals surface area contributed by atoms with Gasteiger partial charge in [-0.15, -0.1) is 0 Å². The lowest BCUT2D eigenvalue weighted by atomic mass is 10.1. The number of aromatic nitrogens is 1. The Labute approximate surface area is 82.5 Å². The Bertz CT molecular complexity index is 361. The lowest BCUT2D eigenvalue weighted by Gasteiger charge is -2.08. The molecule has 1 N–H and O–H groups in total. The standard InChI is InChI=1S/C10H13NO3/c1-6-4-8(5-14-3)9(10(12)13)7(2)11-6/h4H,5H2,1-3H3,(H,12,13). The Balaban J connectivity index is 3.28. The number of carboxylic acid groups (broad SMARTS) is 1. The van der Waals surface area contributed by atoms with Crippen molar-refractivity contribution in [1.29, 1.82) is 0 Å². The number of ether oxygens (including phenoxy) is 1. The quantitative estimate of drug-likeness (QED) is 0.794. The topological polar surface area (TPSA) is 59.4 Å². The van der Waals surface area contributed by atoms with E-state index in [9.17, 15) is 4.79 Å². The first-order valence-corrected chi connectivity index (χ1v) is 4.25. The van der Waals surface area contributed by atoms with E-state index < -0.39 is 5.97 Å². The van der Waals surface area contributed by atoms with Crippen LogP contribution in [0.1, 0.15) is 27.3 Å². The minimum atomic E-state index is -0.956. The monoisotopic (exact) mass is 195 g/mol. The van der Waals surface area contributed by atoms with E-state index in [0.29, 0.717) is 17.9 Å². The van der Waals surface area contributed by atoms with Crippen molar-refractivity contribution < 1.29 is 14.6 Å². The highest BCUT2D eigenvalue weighted by Gasteiger charge is 2.14. The average Bonchev–Trinajstić information content (AvgIpc) is 2.01. The number of hydrogen-bond donors (Lipinski definition) is 1. The van der Waals surface area contributed by atoms with Crippen LogP contribution in [0.5, 0.6) is 0 Å². The molecule has 0 bridgehead atoms. The largest absolute Gasteiger partial charge is 0.478 e. The molecule has 0 amide bonds. The van der Waals surface area contributed by atoms with Gasteiger partial charge in [0.1, 0.15) is 0 Å². The van der Waals surface area contributed by atoms with E-state index in [0.717, 1.165) is 5.69 Å². The minimum absolute atomic E-state index is 0.248. The molecule has 0 spiro atoms. The van der Waals surface area contributed by atoms with Crippen LogP contribution < -0.4 is 0 Å². The Morgan fingerprint density at radius 2 is 2.21 bits per heavy atom. The summed E-state index contributed by atoms with van der Waals surface area (Å²) < 4.78 is 4.94. The first-order valence-electron chi connectivity index (χ1n) is 4.25. The summed E-state index contributed by atoms with van der Waals surface area (Å²) in [7, 11) is 1.54. The molecule has 4 nitrogen and oxygen atoms in total. The van der Waals surface area contributed by atoms with Gasteiger partial charge in [0.25, 0.3) is 0 Å². The maximum absolute atomic E-state index is 10.9. The van der Waals surface area contributed by atoms with Crippen molar-refractivity contribution in [2.45, 2.75) is 20.5 Å². The summed E-state index contributed by atoms with van der Waals surface area (Å²) in [6, 6.07) is 1.74. The average molecular weight is 195 g/mol. The zero-order valence-electron chi connectivity index (χ0n) is 8.50. The van der Waals surface area contributed by atoms with E-state index in [2.05, 4.69) is 4.98 Å². The van der Waals surface area contributed by atoms with E-state index in [1.165, 1.54) is 7.11 Å². The molecule has 4 heteroatoms. The van der Waals surface area contributed by atoms with Gasteiger partial charge in [0, 0.05) is 12.8 Å². The summed E-state index contributed by atoms with van der Waals surface area (Å²) in [5.74, 6) is -0.956. The molecule has 0 aliphatic carbocycles. The van der Waals surface area contributed by atoms with Crippen molar-refractivity contribution in [3.63, 3.8) is 0 Å². The highest BCUT2D eigenvalue weighted by atomic mass is 16.5. The van der Waals surface area contributed by atoms with Crippen molar-refractivity contribution in [2.75, 3.05) is 7.11 Å². The lowest BCUT2D eigenvalue weighted by molar-refractivity contribution is 0.0690. The smallest absolute Gasteiger partial charge is 0.337 e. The summed E-state index contributed by atoms with van der Waals surface area (Å²) in [6.07, 6.45) is 0. The van der Waals surface area contributed by atoms with Gasteiger partial charge in [-0.3, -0.25) is 4.98 Å². The fourth-order valence-electron chi connectivity index (χ4n) is 1.47. The van der Waals surface area contributed by atoms with Gasteiger partial charge in [0.15, 0.2) is 0 Å². The second-order valence-corrected chi connectivity index (χ2v) is 3.12. The first kappa shape index (κ1) is 10.7. The maximum atomic E-state index is 10.9. The van der Waals surface area contributed by atoms with Crippen LogP contribution >= 0.6 is 0 Å². The third kappa shape index (κ3) is 2.09. The predicted octanol–water partition coefficient (Wildman–Crippen LogP) is 1.54. The second kappa shape index (κ2) is 4.19. The Hall–Kier alpha value is -1.42. The van der Waals surface area contributed by atoms with Crippen molar-refractivity contribution >= 4 is 5.97 Å². The fraction of sp³-hybridized carbons (Fsp3) is 0.400. The number of rotatable bonds is 3. The van der Waals surface area contributed by atoms with Crippen LogP contribution in [-0.2, 0) is 11.3 Å². The van der Waals surface area contributed by atoms with Gasteiger partial charge in [0.05, 0.1) is 17.9 Å². The molecule has 1 aromatic rings. The van der Waals surface area contributed by atoms with Crippen molar-refractivity contribution in [1.82, 2.24) is 4.98 Å². The molecule has 1 aromatic heterocycles. The van der Waals surface area contributed by atoms with Crippen molar-refractivity contribution in [3.8, 4) is 0 Å². The fourth-order valence-corrected chi connectivity index (χ4v) is 1.47. The highest BCUT2D eigenvalue weighted by molar-refractivity contribution is 5.90. The first-order chi connectivity index (χ1) is 6.56. The number of pyridine rings is 1. The van der Waals surface area contributed by atoms with Crippen LogP contribution in [0.15, 0.2) is 6.07 Å². The normalized spacial score (nSPS) is 10.2. The minimum Gasteiger partial charge on any atom is -0.478 e. The molecule has 14 heavy (non-hydrogen) atoms. The molecule has 0 saturated heterocycles. The van der Waals surface area contributed by atoms with Crippen LogP contribution in [0.3, 0.4) is 0 Å². The zero-order chi connectivity index (χ0) is 10.7. The highest BCUT2D eigenvalue weighted by Crippen LogP contribution is 2.15. The molecule has 0 fully saturated rings. The van der Waals surface area contributed by atoms with Gasteiger partial charge in [-0.25, -0.2) is 4.79 Å². The molecule has 0 radical (unpaired) electrons. The Kier molecular flexibility index (Phi) is 3.19. The predicted molar refractivity (Wildman–Crippen MR) is 51.4 cm³/mol. The van der Waals surface area contributed by atoms with Crippen LogP contribution in [0.2, 0.25) is 0 Å². The summed E-state index contributed by atoms with van der Waals surface area (Å²) in [6.45, 7) is 3.82. The number of hydrogen-bond acceptors (Lipinski definition) is 3. The molecular weight excluding hydrogens is 182 g/mol. The van der Waals surface area contributed by atoms with Gasteiger partial charge in [-0.05, 0) is 25.5 Å². The number of carboxylic acids is 1. The number of methoxy groups -OCH3 is 1. The van der Waals surface area contributed by atoms with E-state index in [1.54, 1.807) is 13.0 Å². The molecular formula is C10H13NO3. The number of nitrogens with zero attached hydrogens (tertiary/aromatic N) is 1.